The molecule has 0 amide bonds. The van der Waals surface area contributed by atoms with E-state index in [-0.39, 0.29) is 0 Å². The van der Waals surface area contributed by atoms with E-state index in [0.717, 1.165) is 24.8 Å². The van der Waals surface area contributed by atoms with E-state index in [0.29, 0.717) is 22.9 Å². The van der Waals surface area contributed by atoms with Crippen molar-refractivity contribution in [2.75, 3.05) is 13.1 Å². The highest BCUT2D eigenvalue weighted by Crippen LogP contribution is 2.21. The number of aromatic nitrogens is 1. The fourth-order valence-electron chi connectivity index (χ4n) is 2.78. The Morgan fingerprint density at radius 3 is 3.05 bits per heavy atom. The first-order valence-corrected chi connectivity index (χ1v) is 8.71. The maximum Gasteiger partial charge on any atom is 0.241 e. The molecule has 1 aliphatic heterocycles. The molecule has 1 aromatic carbocycles. The van der Waals surface area contributed by atoms with Gasteiger partial charge in [-0.1, -0.05) is 12.1 Å². The van der Waals surface area contributed by atoms with Gasteiger partial charge in [-0.25, -0.2) is 13.1 Å². The summed E-state index contributed by atoms with van der Waals surface area (Å²) >= 11 is 0. The normalized spacial score (nSPS) is 19.1. The number of hydrogen-bond acceptors (Lipinski definition) is 4. The first-order valence-electron chi connectivity index (χ1n) is 7.22. The van der Waals surface area contributed by atoms with Gasteiger partial charge in [0.15, 0.2) is 0 Å². The predicted molar refractivity (Wildman–Crippen MR) is 82.6 cm³/mol. The highest BCUT2D eigenvalue weighted by atomic mass is 32.2. The van der Waals surface area contributed by atoms with Gasteiger partial charge in [0.25, 0.3) is 0 Å². The number of pyridine rings is 1. The highest BCUT2D eigenvalue weighted by Gasteiger charge is 2.18. The molecule has 1 aromatic heterocycles. The Labute approximate surface area is 124 Å². The standard InChI is InChI=1S/C15H19N3O2S/c19-21(20,18-10-6-13-4-2-8-17-13)15-5-1-3-12-11-16-9-7-14(12)15/h1,3,5,7,9,11,13,17-18H,2,4,6,8,10H2/t13-/m0/s1. The van der Waals surface area contributed by atoms with Crippen LogP contribution in [0.4, 0.5) is 0 Å². The molecule has 112 valence electrons. The fraction of sp³-hybridized carbons (Fsp3) is 0.400. The van der Waals surface area contributed by atoms with Crippen molar-refractivity contribution < 1.29 is 8.42 Å². The van der Waals surface area contributed by atoms with Crippen molar-refractivity contribution >= 4 is 20.8 Å². The summed E-state index contributed by atoms with van der Waals surface area (Å²) in [6.07, 6.45) is 6.42. The van der Waals surface area contributed by atoms with Crippen molar-refractivity contribution in [3.63, 3.8) is 0 Å². The predicted octanol–water partition coefficient (Wildman–Crippen LogP) is 1.66. The van der Waals surface area contributed by atoms with E-state index in [1.165, 1.54) is 6.42 Å². The van der Waals surface area contributed by atoms with Gasteiger partial charge in [0.1, 0.15) is 0 Å². The minimum atomic E-state index is -3.48. The van der Waals surface area contributed by atoms with Crippen molar-refractivity contribution in [1.29, 1.82) is 0 Å². The quantitative estimate of drug-likeness (QED) is 0.881. The third-order valence-corrected chi connectivity index (χ3v) is 5.40. The van der Waals surface area contributed by atoms with Gasteiger partial charge in [0, 0.05) is 35.8 Å². The molecule has 1 saturated heterocycles. The molecule has 2 aromatic rings. The van der Waals surface area contributed by atoms with Crippen LogP contribution in [0.5, 0.6) is 0 Å². The van der Waals surface area contributed by atoms with E-state index in [4.69, 9.17) is 0 Å². The second-order valence-corrected chi connectivity index (χ2v) is 7.07. The molecule has 1 atom stereocenters. The van der Waals surface area contributed by atoms with Gasteiger partial charge < -0.3 is 5.32 Å². The van der Waals surface area contributed by atoms with E-state index < -0.39 is 10.0 Å². The molecule has 0 bridgehead atoms. The van der Waals surface area contributed by atoms with Gasteiger partial charge in [-0.2, -0.15) is 0 Å². The largest absolute Gasteiger partial charge is 0.314 e. The lowest BCUT2D eigenvalue weighted by atomic mass is 10.2. The Hall–Kier alpha value is -1.50. The molecule has 0 saturated carbocycles. The van der Waals surface area contributed by atoms with E-state index in [1.807, 2.05) is 6.07 Å². The van der Waals surface area contributed by atoms with Gasteiger partial charge in [0.2, 0.25) is 10.0 Å². The minimum absolute atomic E-state index is 0.321. The Kier molecular flexibility index (Phi) is 4.19. The van der Waals surface area contributed by atoms with Crippen LogP contribution in [0.2, 0.25) is 0 Å². The van der Waals surface area contributed by atoms with Crippen molar-refractivity contribution in [2.24, 2.45) is 0 Å². The van der Waals surface area contributed by atoms with Crippen LogP contribution in [0, 0.1) is 0 Å². The summed E-state index contributed by atoms with van der Waals surface area (Å²) < 4.78 is 27.6. The zero-order chi connectivity index (χ0) is 14.7. The summed E-state index contributed by atoms with van der Waals surface area (Å²) in [6, 6.07) is 7.42. The lowest BCUT2D eigenvalue weighted by Crippen LogP contribution is -2.30. The lowest BCUT2D eigenvalue weighted by Gasteiger charge is -2.12. The van der Waals surface area contributed by atoms with Crippen molar-refractivity contribution in [3.05, 3.63) is 36.7 Å². The van der Waals surface area contributed by atoms with Crippen LogP contribution in [0.15, 0.2) is 41.6 Å². The molecule has 5 nitrogen and oxygen atoms in total. The van der Waals surface area contributed by atoms with Crippen LogP contribution in [-0.2, 0) is 10.0 Å². The van der Waals surface area contributed by atoms with E-state index in [9.17, 15) is 8.42 Å². The second-order valence-electron chi connectivity index (χ2n) is 5.33. The average molecular weight is 305 g/mol. The molecule has 1 aliphatic rings. The Bertz CT molecular complexity index is 719. The van der Waals surface area contributed by atoms with Gasteiger partial charge in [-0.15, -0.1) is 0 Å². The molecule has 2 heterocycles. The van der Waals surface area contributed by atoms with E-state index in [2.05, 4.69) is 15.0 Å². The minimum Gasteiger partial charge on any atom is -0.314 e. The SMILES string of the molecule is O=S(=O)(NCC[C@@H]1CCCN1)c1cccc2cnccc12. The van der Waals surface area contributed by atoms with Crippen LogP contribution in [0.25, 0.3) is 10.8 Å². The molecule has 6 heteroatoms. The van der Waals surface area contributed by atoms with Crippen molar-refractivity contribution in [2.45, 2.75) is 30.2 Å². The number of sulfonamides is 1. The highest BCUT2D eigenvalue weighted by molar-refractivity contribution is 7.89. The molecule has 2 N–H and O–H groups in total. The van der Waals surface area contributed by atoms with E-state index >= 15 is 0 Å². The van der Waals surface area contributed by atoms with Crippen LogP contribution in [0.3, 0.4) is 0 Å². The number of fused-ring (bicyclic) bond motifs is 1. The molecule has 3 rings (SSSR count). The van der Waals surface area contributed by atoms with Crippen LogP contribution in [0.1, 0.15) is 19.3 Å². The Morgan fingerprint density at radius 2 is 2.24 bits per heavy atom. The molecule has 0 radical (unpaired) electrons. The summed E-state index contributed by atoms with van der Waals surface area (Å²) in [7, 11) is -3.48. The molecule has 0 spiro atoms. The number of nitrogens with zero attached hydrogens (tertiary/aromatic N) is 1. The zero-order valence-electron chi connectivity index (χ0n) is 11.7. The topological polar surface area (TPSA) is 71.1 Å². The Balaban J connectivity index is 1.76. The van der Waals surface area contributed by atoms with Crippen LogP contribution in [-0.4, -0.2) is 32.5 Å². The third kappa shape index (κ3) is 3.23. The first-order chi connectivity index (χ1) is 10.2. The zero-order valence-corrected chi connectivity index (χ0v) is 12.6. The number of hydrogen-bond donors (Lipinski definition) is 2. The van der Waals surface area contributed by atoms with Crippen LogP contribution < -0.4 is 10.0 Å². The average Bonchev–Trinajstić information content (AvgIpc) is 3.00. The molecule has 1 fully saturated rings. The van der Waals surface area contributed by atoms with Gasteiger partial charge in [-0.3, -0.25) is 4.98 Å². The number of rotatable bonds is 5. The smallest absolute Gasteiger partial charge is 0.241 e. The number of nitrogens with one attached hydrogen (secondary N) is 2. The monoisotopic (exact) mass is 305 g/mol. The second kappa shape index (κ2) is 6.09. The van der Waals surface area contributed by atoms with Gasteiger partial charge in [-0.05, 0) is 37.9 Å². The van der Waals surface area contributed by atoms with Gasteiger partial charge in [0.05, 0.1) is 4.90 Å². The summed E-state index contributed by atoms with van der Waals surface area (Å²) in [5.41, 5.74) is 0. The lowest BCUT2D eigenvalue weighted by molar-refractivity contribution is 0.540. The molecule has 21 heavy (non-hydrogen) atoms. The summed E-state index contributed by atoms with van der Waals surface area (Å²) in [5, 5.41) is 4.91. The summed E-state index contributed by atoms with van der Waals surface area (Å²) in [4.78, 5) is 4.35. The first kappa shape index (κ1) is 14.4. The van der Waals surface area contributed by atoms with Crippen molar-refractivity contribution in [1.82, 2.24) is 15.0 Å². The van der Waals surface area contributed by atoms with E-state index in [1.54, 1.807) is 30.6 Å². The summed E-state index contributed by atoms with van der Waals surface area (Å²) in [5.74, 6) is 0. The van der Waals surface area contributed by atoms with Crippen LogP contribution >= 0.6 is 0 Å². The fourth-order valence-corrected chi connectivity index (χ4v) is 4.05. The van der Waals surface area contributed by atoms with Crippen molar-refractivity contribution in [3.8, 4) is 0 Å². The maximum absolute atomic E-state index is 12.5. The molecular weight excluding hydrogens is 286 g/mol. The molecule has 0 aliphatic carbocycles. The third-order valence-electron chi connectivity index (χ3n) is 3.88. The summed E-state index contributed by atoms with van der Waals surface area (Å²) in [6.45, 7) is 1.50. The molecule has 0 unspecified atom stereocenters. The van der Waals surface area contributed by atoms with Gasteiger partial charge >= 0.3 is 0 Å². The Morgan fingerprint density at radius 1 is 1.33 bits per heavy atom. The number of benzene rings is 1. The molecular formula is C15H19N3O2S. The maximum atomic E-state index is 12.5.